The maximum absolute atomic E-state index is 12.1. The molecular formula is C18H21ClN2O3S. The minimum absolute atomic E-state index is 0.167. The Hall–Kier alpha value is -2.05. The van der Waals surface area contributed by atoms with Crippen molar-refractivity contribution < 1.29 is 14.3 Å². The van der Waals surface area contributed by atoms with Gasteiger partial charge in [0.25, 0.3) is 5.91 Å². The molecule has 0 saturated carbocycles. The van der Waals surface area contributed by atoms with Crippen LogP contribution in [0.5, 0.6) is 5.75 Å². The van der Waals surface area contributed by atoms with E-state index in [9.17, 15) is 9.59 Å². The van der Waals surface area contributed by atoms with Gasteiger partial charge in [-0.25, -0.2) is 0 Å². The summed E-state index contributed by atoms with van der Waals surface area (Å²) >= 11 is 7.33. The number of thiophene rings is 1. The highest BCUT2D eigenvalue weighted by molar-refractivity contribution is 7.16. The van der Waals surface area contributed by atoms with Gasteiger partial charge in [0.1, 0.15) is 10.8 Å². The fourth-order valence-corrected chi connectivity index (χ4v) is 3.53. The summed E-state index contributed by atoms with van der Waals surface area (Å²) in [5, 5.41) is 3.98. The number of benzene rings is 1. The second kappa shape index (κ2) is 8.36. The second-order valence-electron chi connectivity index (χ2n) is 5.76. The van der Waals surface area contributed by atoms with Gasteiger partial charge in [-0.15, -0.1) is 11.3 Å². The van der Waals surface area contributed by atoms with Crippen LogP contribution in [0.4, 0.5) is 5.00 Å². The van der Waals surface area contributed by atoms with Crippen molar-refractivity contribution >= 4 is 39.8 Å². The molecule has 0 aliphatic rings. The van der Waals surface area contributed by atoms with Crippen LogP contribution in [0.15, 0.2) is 18.2 Å². The fraction of sp³-hybridized carbons (Fsp3) is 0.333. The molecule has 0 radical (unpaired) electrons. The molecule has 0 fully saturated rings. The molecule has 0 aliphatic heterocycles. The van der Waals surface area contributed by atoms with E-state index >= 15 is 0 Å². The highest BCUT2D eigenvalue weighted by atomic mass is 35.5. The Kier molecular flexibility index (Phi) is 6.45. The number of nitrogens with one attached hydrogen (secondary N) is 1. The standard InChI is InChI=1S/C18H21ClN2O3S/c1-10-9-13(6-7-14(10)19)24-8-4-5-15(22)21-18-16(17(20)23)11(2)12(3)25-18/h6-7,9H,4-5,8H2,1-3H3,(H2,20,23)(H,21,22). The van der Waals surface area contributed by atoms with Gasteiger partial charge in [-0.3, -0.25) is 9.59 Å². The first-order valence-electron chi connectivity index (χ1n) is 7.88. The molecule has 0 bridgehead atoms. The molecule has 3 N–H and O–H groups in total. The topological polar surface area (TPSA) is 81.4 Å². The highest BCUT2D eigenvalue weighted by Crippen LogP contribution is 2.32. The molecular weight excluding hydrogens is 360 g/mol. The number of carbonyl (C=O) groups excluding carboxylic acids is 2. The number of rotatable bonds is 7. The molecule has 134 valence electrons. The molecule has 2 aromatic rings. The first-order chi connectivity index (χ1) is 11.8. The number of aryl methyl sites for hydroxylation is 2. The van der Waals surface area contributed by atoms with Gasteiger partial charge in [-0.2, -0.15) is 0 Å². The van der Waals surface area contributed by atoms with Crippen LogP contribution in [-0.2, 0) is 4.79 Å². The summed E-state index contributed by atoms with van der Waals surface area (Å²) < 4.78 is 5.62. The van der Waals surface area contributed by atoms with Gasteiger partial charge in [0.2, 0.25) is 5.91 Å². The van der Waals surface area contributed by atoms with Crippen LogP contribution in [-0.4, -0.2) is 18.4 Å². The van der Waals surface area contributed by atoms with E-state index in [0.29, 0.717) is 35.0 Å². The van der Waals surface area contributed by atoms with E-state index in [2.05, 4.69) is 5.32 Å². The van der Waals surface area contributed by atoms with Gasteiger partial charge < -0.3 is 15.8 Å². The number of ether oxygens (including phenoxy) is 1. The summed E-state index contributed by atoms with van der Waals surface area (Å²) in [6, 6.07) is 5.44. The SMILES string of the molecule is Cc1cc(OCCCC(=O)Nc2sc(C)c(C)c2C(N)=O)ccc1Cl. The monoisotopic (exact) mass is 380 g/mol. The summed E-state index contributed by atoms with van der Waals surface area (Å²) in [6.45, 7) is 6.04. The quantitative estimate of drug-likeness (QED) is 0.705. The molecule has 2 amide bonds. The molecule has 0 atom stereocenters. The lowest BCUT2D eigenvalue weighted by Gasteiger charge is -2.08. The predicted octanol–water partition coefficient (Wildman–Crippen LogP) is 4.22. The molecule has 0 saturated heterocycles. The van der Waals surface area contributed by atoms with Gasteiger partial charge in [-0.1, -0.05) is 11.6 Å². The third-order valence-corrected chi connectivity index (χ3v) is 5.38. The molecule has 1 heterocycles. The van der Waals surface area contributed by atoms with E-state index < -0.39 is 5.91 Å². The zero-order valence-corrected chi connectivity index (χ0v) is 16.0. The number of anilines is 1. The number of amides is 2. The van der Waals surface area contributed by atoms with E-state index in [1.54, 1.807) is 12.1 Å². The van der Waals surface area contributed by atoms with Gasteiger partial charge in [0, 0.05) is 16.3 Å². The van der Waals surface area contributed by atoms with Gasteiger partial charge >= 0.3 is 0 Å². The lowest BCUT2D eigenvalue weighted by Crippen LogP contribution is -2.17. The maximum Gasteiger partial charge on any atom is 0.251 e. The molecule has 0 aliphatic carbocycles. The van der Waals surface area contributed by atoms with Crippen LogP contribution in [0.1, 0.15) is 39.2 Å². The predicted molar refractivity (Wildman–Crippen MR) is 102 cm³/mol. The highest BCUT2D eigenvalue weighted by Gasteiger charge is 2.18. The minimum Gasteiger partial charge on any atom is -0.494 e. The van der Waals surface area contributed by atoms with E-state index in [1.165, 1.54) is 11.3 Å². The summed E-state index contributed by atoms with van der Waals surface area (Å²) in [4.78, 5) is 24.6. The number of halogens is 1. The number of nitrogens with two attached hydrogens (primary N) is 1. The Morgan fingerprint density at radius 2 is 2.00 bits per heavy atom. The van der Waals surface area contributed by atoms with E-state index in [1.807, 2.05) is 26.8 Å². The van der Waals surface area contributed by atoms with Crippen LogP contribution in [0.2, 0.25) is 5.02 Å². The van der Waals surface area contributed by atoms with Crippen LogP contribution in [0.25, 0.3) is 0 Å². The summed E-state index contributed by atoms with van der Waals surface area (Å²) in [6.07, 6.45) is 0.851. The fourth-order valence-electron chi connectivity index (χ4n) is 2.33. The molecule has 0 unspecified atom stereocenters. The van der Waals surface area contributed by atoms with Crippen molar-refractivity contribution in [1.82, 2.24) is 0 Å². The zero-order valence-electron chi connectivity index (χ0n) is 14.4. The van der Waals surface area contributed by atoms with Crippen LogP contribution in [0.3, 0.4) is 0 Å². The normalized spacial score (nSPS) is 10.6. The molecule has 1 aromatic carbocycles. The average Bonchev–Trinajstić information content (AvgIpc) is 2.81. The Balaban J connectivity index is 1.84. The second-order valence-corrected chi connectivity index (χ2v) is 7.39. The minimum atomic E-state index is -0.529. The van der Waals surface area contributed by atoms with Crippen molar-refractivity contribution in [2.45, 2.75) is 33.6 Å². The Morgan fingerprint density at radius 1 is 1.28 bits per heavy atom. The summed E-state index contributed by atoms with van der Waals surface area (Å²) in [5.41, 5.74) is 7.55. The smallest absolute Gasteiger partial charge is 0.251 e. The van der Waals surface area contributed by atoms with E-state index in [4.69, 9.17) is 22.1 Å². The first kappa shape index (κ1) is 19.3. The zero-order chi connectivity index (χ0) is 18.6. The van der Waals surface area contributed by atoms with Crippen molar-refractivity contribution in [3.63, 3.8) is 0 Å². The number of hydrogen-bond acceptors (Lipinski definition) is 4. The third kappa shape index (κ3) is 4.96. The van der Waals surface area contributed by atoms with E-state index in [0.717, 1.165) is 21.8 Å². The molecule has 1 aromatic heterocycles. The molecule has 7 heteroatoms. The third-order valence-electron chi connectivity index (χ3n) is 3.83. The maximum atomic E-state index is 12.1. The van der Waals surface area contributed by atoms with Crippen molar-refractivity contribution in [2.24, 2.45) is 5.73 Å². The van der Waals surface area contributed by atoms with Gasteiger partial charge in [0.15, 0.2) is 0 Å². The Morgan fingerprint density at radius 3 is 2.64 bits per heavy atom. The first-order valence-corrected chi connectivity index (χ1v) is 9.07. The number of hydrogen-bond donors (Lipinski definition) is 2. The average molecular weight is 381 g/mol. The van der Waals surface area contributed by atoms with Crippen molar-refractivity contribution in [1.29, 1.82) is 0 Å². The van der Waals surface area contributed by atoms with E-state index in [-0.39, 0.29) is 5.91 Å². The molecule has 2 rings (SSSR count). The van der Waals surface area contributed by atoms with Crippen molar-refractivity contribution in [2.75, 3.05) is 11.9 Å². The van der Waals surface area contributed by atoms with Crippen LogP contribution in [0, 0.1) is 20.8 Å². The van der Waals surface area contributed by atoms with Gasteiger partial charge in [-0.05, 0) is 56.5 Å². The van der Waals surface area contributed by atoms with Gasteiger partial charge in [0.05, 0.1) is 12.2 Å². The molecule has 25 heavy (non-hydrogen) atoms. The van der Waals surface area contributed by atoms with Crippen LogP contribution < -0.4 is 15.8 Å². The largest absolute Gasteiger partial charge is 0.494 e. The summed E-state index contributed by atoms with van der Waals surface area (Å²) in [5.74, 6) is 0.0288. The summed E-state index contributed by atoms with van der Waals surface area (Å²) in [7, 11) is 0. The molecule has 0 spiro atoms. The number of carbonyl (C=O) groups is 2. The number of primary amides is 1. The van der Waals surface area contributed by atoms with Crippen molar-refractivity contribution in [3.8, 4) is 5.75 Å². The Bertz CT molecular complexity index is 802. The Labute approximate surface area is 156 Å². The van der Waals surface area contributed by atoms with Crippen molar-refractivity contribution in [3.05, 3.63) is 44.8 Å². The molecule has 5 nitrogen and oxygen atoms in total. The van der Waals surface area contributed by atoms with Crippen LogP contribution >= 0.6 is 22.9 Å². The lowest BCUT2D eigenvalue weighted by molar-refractivity contribution is -0.116. The lowest BCUT2D eigenvalue weighted by atomic mass is 10.1.